The van der Waals surface area contributed by atoms with Crippen LogP contribution in [0.4, 0.5) is 0 Å². The number of fused-ring (bicyclic) bond motifs is 1. The van der Waals surface area contributed by atoms with Crippen molar-refractivity contribution in [2.45, 2.75) is 12.8 Å². The van der Waals surface area contributed by atoms with Gasteiger partial charge in [0.05, 0.1) is 11.6 Å². The SMILES string of the molecule is N#Cc1ccc2oc(CCc3ccccc3)cc2c1. The van der Waals surface area contributed by atoms with Gasteiger partial charge in [-0.3, -0.25) is 0 Å². The van der Waals surface area contributed by atoms with E-state index >= 15 is 0 Å². The van der Waals surface area contributed by atoms with Crippen LogP contribution in [-0.4, -0.2) is 0 Å². The fraction of sp³-hybridized carbons (Fsp3) is 0.118. The van der Waals surface area contributed by atoms with Crippen LogP contribution in [0.25, 0.3) is 11.0 Å². The monoisotopic (exact) mass is 247 g/mol. The average Bonchev–Trinajstić information content (AvgIpc) is 2.88. The number of benzene rings is 2. The minimum atomic E-state index is 0.669. The predicted molar refractivity (Wildman–Crippen MR) is 74.8 cm³/mol. The molecule has 0 atom stereocenters. The van der Waals surface area contributed by atoms with Crippen molar-refractivity contribution in [1.82, 2.24) is 0 Å². The summed E-state index contributed by atoms with van der Waals surface area (Å²) in [7, 11) is 0. The Balaban J connectivity index is 1.80. The van der Waals surface area contributed by atoms with E-state index in [1.54, 1.807) is 6.07 Å². The summed E-state index contributed by atoms with van der Waals surface area (Å²) >= 11 is 0. The molecule has 1 heterocycles. The number of hydrogen-bond donors (Lipinski definition) is 0. The van der Waals surface area contributed by atoms with Crippen LogP contribution in [0, 0.1) is 11.3 Å². The Kier molecular flexibility index (Phi) is 3.04. The van der Waals surface area contributed by atoms with Crippen LogP contribution < -0.4 is 0 Å². The van der Waals surface area contributed by atoms with E-state index in [-0.39, 0.29) is 0 Å². The van der Waals surface area contributed by atoms with Crippen LogP contribution in [0.1, 0.15) is 16.9 Å². The molecule has 0 saturated heterocycles. The second-order valence-corrected chi connectivity index (χ2v) is 4.56. The Morgan fingerprint density at radius 1 is 0.947 bits per heavy atom. The van der Waals surface area contributed by atoms with E-state index in [1.165, 1.54) is 5.56 Å². The van der Waals surface area contributed by atoms with E-state index in [0.717, 1.165) is 29.6 Å². The molecule has 2 aromatic carbocycles. The largest absolute Gasteiger partial charge is 0.461 e. The van der Waals surface area contributed by atoms with E-state index in [1.807, 2.05) is 36.4 Å². The Morgan fingerprint density at radius 2 is 1.79 bits per heavy atom. The van der Waals surface area contributed by atoms with Crippen molar-refractivity contribution in [3.63, 3.8) is 0 Å². The average molecular weight is 247 g/mol. The summed E-state index contributed by atoms with van der Waals surface area (Å²) in [6, 6.07) is 20.0. The van der Waals surface area contributed by atoms with Gasteiger partial charge in [0.25, 0.3) is 0 Å². The molecule has 1 aromatic heterocycles. The minimum absolute atomic E-state index is 0.669. The van der Waals surface area contributed by atoms with Gasteiger partial charge in [0.2, 0.25) is 0 Å². The van der Waals surface area contributed by atoms with Crippen molar-refractivity contribution in [1.29, 1.82) is 5.26 Å². The van der Waals surface area contributed by atoms with Gasteiger partial charge in [-0.2, -0.15) is 5.26 Å². The van der Waals surface area contributed by atoms with Gasteiger partial charge in [-0.25, -0.2) is 0 Å². The highest BCUT2D eigenvalue weighted by atomic mass is 16.3. The molecule has 0 radical (unpaired) electrons. The van der Waals surface area contributed by atoms with E-state index in [4.69, 9.17) is 9.68 Å². The van der Waals surface area contributed by atoms with Crippen LogP contribution in [0.3, 0.4) is 0 Å². The quantitative estimate of drug-likeness (QED) is 0.699. The molecule has 0 bridgehead atoms. The fourth-order valence-corrected chi connectivity index (χ4v) is 2.20. The standard InChI is InChI=1S/C17H13NO/c18-12-14-7-9-17-15(10-14)11-16(19-17)8-6-13-4-2-1-3-5-13/h1-5,7,9-11H,6,8H2. The molecule has 92 valence electrons. The maximum Gasteiger partial charge on any atom is 0.134 e. The molecule has 0 N–H and O–H groups in total. The first kappa shape index (κ1) is 11.6. The van der Waals surface area contributed by atoms with Crippen molar-refractivity contribution in [2.75, 3.05) is 0 Å². The number of rotatable bonds is 3. The van der Waals surface area contributed by atoms with Crippen LogP contribution in [-0.2, 0) is 12.8 Å². The van der Waals surface area contributed by atoms with Crippen molar-refractivity contribution in [3.8, 4) is 6.07 Å². The molecule has 3 aromatic rings. The topological polar surface area (TPSA) is 36.9 Å². The first-order valence-electron chi connectivity index (χ1n) is 6.32. The molecule has 19 heavy (non-hydrogen) atoms. The molecule has 0 aliphatic heterocycles. The Labute approximate surface area is 111 Å². The smallest absolute Gasteiger partial charge is 0.134 e. The normalized spacial score (nSPS) is 10.5. The second kappa shape index (κ2) is 4.99. The molecule has 3 rings (SSSR count). The molecular formula is C17H13NO. The number of nitrogens with zero attached hydrogens (tertiary/aromatic N) is 1. The lowest BCUT2D eigenvalue weighted by Crippen LogP contribution is -1.88. The maximum absolute atomic E-state index is 8.88. The molecule has 2 heteroatoms. The summed E-state index contributed by atoms with van der Waals surface area (Å²) in [6.45, 7) is 0. The van der Waals surface area contributed by atoms with E-state index < -0.39 is 0 Å². The molecule has 0 spiro atoms. The second-order valence-electron chi connectivity index (χ2n) is 4.56. The van der Waals surface area contributed by atoms with Gasteiger partial charge >= 0.3 is 0 Å². The van der Waals surface area contributed by atoms with Crippen molar-refractivity contribution < 1.29 is 4.42 Å². The molecule has 0 aliphatic rings. The Hall–Kier alpha value is -2.53. The predicted octanol–water partition coefficient (Wildman–Crippen LogP) is 4.09. The van der Waals surface area contributed by atoms with Crippen molar-refractivity contribution >= 4 is 11.0 Å². The number of aryl methyl sites for hydroxylation is 2. The summed E-state index contributed by atoms with van der Waals surface area (Å²) in [4.78, 5) is 0. The maximum atomic E-state index is 8.88. The third-order valence-corrected chi connectivity index (χ3v) is 3.20. The van der Waals surface area contributed by atoms with E-state index in [2.05, 4.69) is 18.2 Å². The van der Waals surface area contributed by atoms with Crippen LogP contribution in [0.2, 0.25) is 0 Å². The van der Waals surface area contributed by atoms with Crippen LogP contribution in [0.15, 0.2) is 59.0 Å². The van der Waals surface area contributed by atoms with Gasteiger partial charge in [-0.15, -0.1) is 0 Å². The minimum Gasteiger partial charge on any atom is -0.461 e. The number of furan rings is 1. The molecule has 0 aliphatic carbocycles. The molecule has 0 fully saturated rings. The third kappa shape index (κ3) is 2.51. The highest BCUT2D eigenvalue weighted by Gasteiger charge is 2.05. The van der Waals surface area contributed by atoms with Crippen molar-refractivity contribution in [2.24, 2.45) is 0 Å². The summed E-state index contributed by atoms with van der Waals surface area (Å²) in [5.41, 5.74) is 2.82. The molecule has 0 unspecified atom stereocenters. The third-order valence-electron chi connectivity index (χ3n) is 3.20. The Bertz CT molecular complexity index is 735. The zero-order valence-electron chi connectivity index (χ0n) is 10.5. The first-order valence-corrected chi connectivity index (χ1v) is 6.32. The van der Waals surface area contributed by atoms with Crippen LogP contribution in [0.5, 0.6) is 0 Å². The highest BCUT2D eigenvalue weighted by Crippen LogP contribution is 2.21. The zero-order chi connectivity index (χ0) is 13.1. The number of nitriles is 1. The summed E-state index contributed by atoms with van der Waals surface area (Å²) in [6.07, 6.45) is 1.84. The lowest BCUT2D eigenvalue weighted by atomic mass is 10.1. The lowest BCUT2D eigenvalue weighted by Gasteiger charge is -1.97. The summed E-state index contributed by atoms with van der Waals surface area (Å²) < 4.78 is 5.78. The number of hydrogen-bond acceptors (Lipinski definition) is 2. The molecule has 0 amide bonds. The van der Waals surface area contributed by atoms with Crippen molar-refractivity contribution in [3.05, 3.63) is 71.5 Å². The first-order chi connectivity index (χ1) is 9.35. The summed E-state index contributed by atoms with van der Waals surface area (Å²) in [5, 5.41) is 9.88. The van der Waals surface area contributed by atoms with Gasteiger partial charge in [0.15, 0.2) is 0 Å². The van der Waals surface area contributed by atoms with Gasteiger partial charge in [-0.1, -0.05) is 30.3 Å². The van der Waals surface area contributed by atoms with Gasteiger partial charge < -0.3 is 4.42 Å². The zero-order valence-corrected chi connectivity index (χ0v) is 10.5. The molecule has 0 saturated carbocycles. The van der Waals surface area contributed by atoms with Gasteiger partial charge in [0.1, 0.15) is 11.3 Å². The summed E-state index contributed by atoms with van der Waals surface area (Å²) in [5.74, 6) is 0.967. The Morgan fingerprint density at radius 3 is 2.58 bits per heavy atom. The van der Waals surface area contributed by atoms with Gasteiger partial charge in [0, 0.05) is 11.8 Å². The fourth-order valence-electron chi connectivity index (χ4n) is 2.20. The van der Waals surface area contributed by atoms with E-state index in [0.29, 0.717) is 5.56 Å². The highest BCUT2D eigenvalue weighted by molar-refractivity contribution is 5.79. The molecule has 2 nitrogen and oxygen atoms in total. The lowest BCUT2D eigenvalue weighted by molar-refractivity contribution is 0.547. The van der Waals surface area contributed by atoms with E-state index in [9.17, 15) is 0 Å². The van der Waals surface area contributed by atoms with Crippen LogP contribution >= 0.6 is 0 Å². The van der Waals surface area contributed by atoms with Gasteiger partial charge in [-0.05, 0) is 36.2 Å². The molecular weight excluding hydrogens is 234 g/mol.